The van der Waals surface area contributed by atoms with Gasteiger partial charge in [-0.2, -0.15) is 0 Å². The quantitative estimate of drug-likeness (QED) is 0.120. The molecule has 0 bridgehead atoms. The van der Waals surface area contributed by atoms with E-state index in [9.17, 15) is 0 Å². The summed E-state index contributed by atoms with van der Waals surface area (Å²) in [5, 5.41) is 0. The minimum absolute atomic E-state index is 0. The molecule has 0 fully saturated rings. The molecule has 0 aromatic rings. The fourth-order valence-electron chi connectivity index (χ4n) is 4.34. The van der Waals surface area contributed by atoms with E-state index in [1.165, 1.54) is 152 Å². The normalized spacial score (nSPS) is 11.6. The number of quaternary nitrogens is 1. The standard InChI is InChI=1S/C27H58N.BrH/c1-5-7-9-11-13-14-15-16-17-18-19-21-23-25-27-28(3,4)26-24-22-20-12-10-8-6-2;/h5-27H2,1-4H3;1H/q+1;/p-1. The summed E-state index contributed by atoms with van der Waals surface area (Å²) in [6.07, 6.45) is 30.5. The van der Waals surface area contributed by atoms with Crippen molar-refractivity contribution in [1.29, 1.82) is 0 Å². The van der Waals surface area contributed by atoms with E-state index in [2.05, 4.69) is 27.9 Å². The molecule has 0 aliphatic carbocycles. The molecule has 0 rings (SSSR count). The number of rotatable bonds is 23. The van der Waals surface area contributed by atoms with Crippen molar-refractivity contribution in [3.05, 3.63) is 0 Å². The highest BCUT2D eigenvalue weighted by Gasteiger charge is 2.13. The first-order chi connectivity index (χ1) is 13.6. The number of halogens is 1. The molecule has 0 N–H and O–H groups in total. The molecule has 178 valence electrons. The van der Waals surface area contributed by atoms with E-state index in [-0.39, 0.29) is 17.0 Å². The number of hydrogen-bond acceptors (Lipinski definition) is 0. The van der Waals surface area contributed by atoms with Crippen LogP contribution < -0.4 is 17.0 Å². The first-order valence-electron chi connectivity index (χ1n) is 13.4. The first kappa shape index (κ1) is 31.6. The molecule has 0 aliphatic heterocycles. The second kappa shape index (κ2) is 24.7. The van der Waals surface area contributed by atoms with Crippen LogP contribution in [-0.2, 0) is 0 Å². The second-order valence-corrected chi connectivity index (χ2v) is 10.1. The van der Waals surface area contributed by atoms with Crippen LogP contribution >= 0.6 is 0 Å². The summed E-state index contributed by atoms with van der Waals surface area (Å²) in [6.45, 7) is 7.37. The van der Waals surface area contributed by atoms with Crippen LogP contribution in [-0.4, -0.2) is 31.7 Å². The van der Waals surface area contributed by atoms with Gasteiger partial charge in [0, 0.05) is 0 Å². The molecule has 29 heavy (non-hydrogen) atoms. The Bertz CT molecular complexity index is 290. The Labute approximate surface area is 197 Å². The molecule has 1 nitrogen and oxygen atoms in total. The zero-order valence-electron chi connectivity index (χ0n) is 21.1. The van der Waals surface area contributed by atoms with Gasteiger partial charge in [-0.15, -0.1) is 0 Å². The Kier molecular flexibility index (Phi) is 26.9. The molecule has 0 heterocycles. The Morgan fingerprint density at radius 3 is 0.793 bits per heavy atom. The maximum atomic E-state index is 2.44. The van der Waals surface area contributed by atoms with Gasteiger partial charge in [-0.05, 0) is 25.7 Å². The van der Waals surface area contributed by atoms with Crippen molar-refractivity contribution < 1.29 is 21.5 Å². The predicted octanol–water partition coefficient (Wildman–Crippen LogP) is 6.30. The molecule has 0 unspecified atom stereocenters. The summed E-state index contributed by atoms with van der Waals surface area (Å²) in [4.78, 5) is 0. The van der Waals surface area contributed by atoms with Gasteiger partial charge in [0.15, 0.2) is 0 Å². The topological polar surface area (TPSA) is 0 Å². The highest BCUT2D eigenvalue weighted by molar-refractivity contribution is 4.50. The monoisotopic (exact) mass is 475 g/mol. The highest BCUT2D eigenvalue weighted by Crippen LogP contribution is 2.14. The largest absolute Gasteiger partial charge is 1.00 e. The number of nitrogens with zero attached hydrogens (tertiary/aromatic N) is 1. The lowest BCUT2D eigenvalue weighted by molar-refractivity contribution is -0.890. The lowest BCUT2D eigenvalue weighted by Gasteiger charge is -2.30. The van der Waals surface area contributed by atoms with Crippen LogP contribution in [0.5, 0.6) is 0 Å². The van der Waals surface area contributed by atoms with Gasteiger partial charge in [0.1, 0.15) is 0 Å². The molecule has 0 saturated carbocycles. The third-order valence-electron chi connectivity index (χ3n) is 6.48. The van der Waals surface area contributed by atoms with E-state index in [0.717, 1.165) is 0 Å². The smallest absolute Gasteiger partial charge is 0.0782 e. The van der Waals surface area contributed by atoms with Crippen molar-refractivity contribution >= 4 is 0 Å². The van der Waals surface area contributed by atoms with Gasteiger partial charge in [-0.25, -0.2) is 0 Å². The molecule has 0 aliphatic rings. The highest BCUT2D eigenvalue weighted by atomic mass is 79.9. The minimum atomic E-state index is 0. The van der Waals surface area contributed by atoms with E-state index in [4.69, 9.17) is 0 Å². The fourth-order valence-corrected chi connectivity index (χ4v) is 4.34. The molecular formula is C27H58BrN. The molecular weight excluding hydrogens is 418 g/mol. The van der Waals surface area contributed by atoms with E-state index >= 15 is 0 Å². The van der Waals surface area contributed by atoms with Gasteiger partial charge in [0.05, 0.1) is 27.2 Å². The van der Waals surface area contributed by atoms with Gasteiger partial charge in [0.2, 0.25) is 0 Å². The summed E-state index contributed by atoms with van der Waals surface area (Å²) >= 11 is 0. The summed E-state index contributed by atoms with van der Waals surface area (Å²) in [5.74, 6) is 0. The zero-order chi connectivity index (χ0) is 20.8. The molecule has 2 heteroatoms. The summed E-state index contributed by atoms with van der Waals surface area (Å²) in [5.41, 5.74) is 0. The van der Waals surface area contributed by atoms with E-state index in [1.807, 2.05) is 0 Å². The Balaban J connectivity index is 0. The molecule has 0 amide bonds. The SMILES string of the molecule is CCCCCCCCCCCCCCCC[N+](C)(C)CCCCCCCCC.[Br-]. The molecule has 0 radical (unpaired) electrons. The second-order valence-electron chi connectivity index (χ2n) is 10.1. The maximum Gasteiger partial charge on any atom is 0.0782 e. The van der Waals surface area contributed by atoms with Crippen molar-refractivity contribution in [2.24, 2.45) is 0 Å². The van der Waals surface area contributed by atoms with Gasteiger partial charge >= 0.3 is 0 Å². The lowest BCUT2D eigenvalue weighted by Crippen LogP contribution is -3.00. The van der Waals surface area contributed by atoms with Crippen LogP contribution in [0.2, 0.25) is 0 Å². The van der Waals surface area contributed by atoms with Gasteiger partial charge < -0.3 is 21.5 Å². The summed E-state index contributed by atoms with van der Waals surface area (Å²) in [7, 11) is 4.89. The average Bonchev–Trinajstić information content (AvgIpc) is 2.67. The van der Waals surface area contributed by atoms with Crippen molar-refractivity contribution in [2.45, 2.75) is 149 Å². The van der Waals surface area contributed by atoms with E-state index in [1.54, 1.807) is 0 Å². The van der Waals surface area contributed by atoms with Crippen LogP contribution in [0.4, 0.5) is 0 Å². The van der Waals surface area contributed by atoms with Crippen molar-refractivity contribution in [3.63, 3.8) is 0 Å². The van der Waals surface area contributed by atoms with E-state index in [0.29, 0.717) is 0 Å². The average molecular weight is 477 g/mol. The number of unbranched alkanes of at least 4 members (excludes halogenated alkanes) is 19. The molecule has 0 spiro atoms. The first-order valence-corrected chi connectivity index (χ1v) is 13.4. The van der Waals surface area contributed by atoms with Crippen molar-refractivity contribution in [1.82, 2.24) is 0 Å². The molecule has 0 aromatic heterocycles. The van der Waals surface area contributed by atoms with Crippen molar-refractivity contribution in [3.8, 4) is 0 Å². The van der Waals surface area contributed by atoms with Gasteiger partial charge in [0.25, 0.3) is 0 Å². The van der Waals surface area contributed by atoms with Crippen LogP contribution in [0.3, 0.4) is 0 Å². The summed E-state index contributed by atoms with van der Waals surface area (Å²) < 4.78 is 1.24. The Morgan fingerprint density at radius 2 is 0.552 bits per heavy atom. The van der Waals surface area contributed by atoms with Crippen LogP contribution in [0, 0.1) is 0 Å². The third-order valence-corrected chi connectivity index (χ3v) is 6.48. The van der Waals surface area contributed by atoms with Gasteiger partial charge in [-0.1, -0.05) is 123 Å². The molecule has 0 atom stereocenters. The summed E-state index contributed by atoms with van der Waals surface area (Å²) in [6, 6.07) is 0. The van der Waals surface area contributed by atoms with Gasteiger partial charge in [-0.3, -0.25) is 0 Å². The maximum absolute atomic E-state index is 2.44. The third kappa shape index (κ3) is 26.4. The Hall–Kier alpha value is 0.440. The van der Waals surface area contributed by atoms with E-state index < -0.39 is 0 Å². The fraction of sp³-hybridized carbons (Fsp3) is 1.00. The zero-order valence-corrected chi connectivity index (χ0v) is 22.7. The molecule has 0 saturated heterocycles. The van der Waals surface area contributed by atoms with Crippen LogP contribution in [0.1, 0.15) is 149 Å². The van der Waals surface area contributed by atoms with Crippen LogP contribution in [0.15, 0.2) is 0 Å². The van der Waals surface area contributed by atoms with Crippen molar-refractivity contribution in [2.75, 3.05) is 27.2 Å². The minimum Gasteiger partial charge on any atom is -1.00 e. The van der Waals surface area contributed by atoms with Crippen LogP contribution in [0.25, 0.3) is 0 Å². The predicted molar refractivity (Wildman–Crippen MR) is 130 cm³/mol. The lowest BCUT2D eigenvalue weighted by atomic mass is 10.0. The number of hydrogen-bond donors (Lipinski definition) is 0. The Morgan fingerprint density at radius 1 is 0.345 bits per heavy atom. The molecule has 0 aromatic carbocycles.